The topological polar surface area (TPSA) is 79.5 Å². The van der Waals surface area contributed by atoms with Crippen molar-refractivity contribution in [3.63, 3.8) is 0 Å². The highest BCUT2D eigenvalue weighted by atomic mass is 16.4. The minimum Gasteiger partial charge on any atom is -0.477 e. The first-order chi connectivity index (χ1) is 12.8. The van der Waals surface area contributed by atoms with Crippen LogP contribution in [0.15, 0.2) is 69.9 Å². The third kappa shape index (κ3) is 7.36. The number of benzene rings is 1. The van der Waals surface area contributed by atoms with Gasteiger partial charge in [0.1, 0.15) is 11.1 Å². The molecule has 0 radical (unpaired) electrons. The van der Waals surface area contributed by atoms with Gasteiger partial charge in [0.2, 0.25) is 0 Å². The lowest BCUT2D eigenvalue weighted by Gasteiger charge is -2.08. The van der Waals surface area contributed by atoms with Gasteiger partial charge in [-0.25, -0.2) is 9.59 Å². The first-order valence-electron chi connectivity index (χ1n) is 8.77. The molecule has 144 valence electrons. The average molecular weight is 369 g/mol. The van der Waals surface area contributed by atoms with Crippen molar-refractivity contribution in [2.45, 2.75) is 27.7 Å². The molecule has 1 heterocycles. The van der Waals surface area contributed by atoms with E-state index < -0.39 is 11.6 Å². The van der Waals surface area contributed by atoms with E-state index in [1.54, 1.807) is 24.3 Å². The van der Waals surface area contributed by atoms with Gasteiger partial charge in [0, 0.05) is 23.7 Å². The maximum Gasteiger partial charge on any atom is 0.351 e. The molecule has 1 aromatic carbocycles. The summed E-state index contributed by atoms with van der Waals surface area (Å²) >= 11 is 0. The van der Waals surface area contributed by atoms with Gasteiger partial charge in [0.25, 0.3) is 0 Å². The summed E-state index contributed by atoms with van der Waals surface area (Å²) in [6, 6.07) is 6.50. The highest BCUT2D eigenvalue weighted by Crippen LogP contribution is 2.19. The Hall–Kier alpha value is -3.08. The van der Waals surface area contributed by atoms with Gasteiger partial charge in [-0.05, 0) is 36.6 Å². The van der Waals surface area contributed by atoms with E-state index in [0.717, 1.165) is 17.2 Å². The second-order valence-corrected chi connectivity index (χ2v) is 6.55. The lowest BCUT2D eigenvalue weighted by Crippen LogP contribution is -2.13. The molecule has 5 nitrogen and oxygen atoms in total. The lowest BCUT2D eigenvalue weighted by molar-refractivity contribution is 0.0692. The highest BCUT2D eigenvalue weighted by Gasteiger charge is 2.12. The quantitative estimate of drug-likeness (QED) is 0.537. The van der Waals surface area contributed by atoms with Crippen LogP contribution < -0.4 is 10.9 Å². The maximum absolute atomic E-state index is 11.6. The summed E-state index contributed by atoms with van der Waals surface area (Å²) in [5.41, 5.74) is 0.964. The predicted octanol–water partition coefficient (Wildman–Crippen LogP) is 5.25. The molecule has 0 bridgehead atoms. The van der Waals surface area contributed by atoms with Crippen molar-refractivity contribution in [3.05, 3.63) is 76.7 Å². The number of anilines is 1. The molecule has 0 aliphatic carbocycles. The van der Waals surface area contributed by atoms with Crippen molar-refractivity contribution < 1.29 is 14.3 Å². The Kier molecular flexibility index (Phi) is 8.79. The number of fused-ring (bicyclic) bond motifs is 1. The normalized spacial score (nSPS) is 11.4. The van der Waals surface area contributed by atoms with Gasteiger partial charge < -0.3 is 14.8 Å². The fourth-order valence-corrected chi connectivity index (χ4v) is 2.02. The van der Waals surface area contributed by atoms with Crippen molar-refractivity contribution in [3.8, 4) is 0 Å². The number of carboxylic acids is 1. The van der Waals surface area contributed by atoms with Gasteiger partial charge in [-0.1, -0.05) is 51.7 Å². The zero-order valence-electron chi connectivity index (χ0n) is 16.3. The molecule has 0 saturated heterocycles. The van der Waals surface area contributed by atoms with Crippen molar-refractivity contribution in [1.82, 2.24) is 0 Å². The number of aromatic carboxylic acids is 1. The number of hydrogen-bond acceptors (Lipinski definition) is 4. The van der Waals surface area contributed by atoms with Crippen LogP contribution in [0.25, 0.3) is 11.0 Å². The Morgan fingerprint density at radius 3 is 2.52 bits per heavy atom. The monoisotopic (exact) mass is 369 g/mol. The van der Waals surface area contributed by atoms with Gasteiger partial charge in [-0.15, -0.1) is 0 Å². The molecule has 5 heteroatoms. The average Bonchev–Trinajstić information content (AvgIpc) is 2.60. The fraction of sp³-hybridized carbons (Fsp3) is 0.273. The van der Waals surface area contributed by atoms with Crippen molar-refractivity contribution in [2.24, 2.45) is 5.92 Å². The summed E-state index contributed by atoms with van der Waals surface area (Å²) in [6.45, 7) is 12.7. The Labute approximate surface area is 159 Å². The van der Waals surface area contributed by atoms with Crippen LogP contribution in [-0.4, -0.2) is 17.6 Å². The van der Waals surface area contributed by atoms with Gasteiger partial charge >= 0.3 is 11.6 Å². The van der Waals surface area contributed by atoms with Crippen LogP contribution in [0.2, 0.25) is 0 Å². The lowest BCUT2D eigenvalue weighted by atomic mass is 10.1. The summed E-state index contributed by atoms with van der Waals surface area (Å²) in [4.78, 5) is 22.6. The summed E-state index contributed by atoms with van der Waals surface area (Å²) in [7, 11) is 0. The van der Waals surface area contributed by atoms with Crippen molar-refractivity contribution in [2.75, 3.05) is 11.9 Å². The Bertz CT molecular complexity index is 901. The fourth-order valence-electron chi connectivity index (χ4n) is 2.02. The smallest absolute Gasteiger partial charge is 0.351 e. The zero-order valence-corrected chi connectivity index (χ0v) is 16.3. The maximum atomic E-state index is 11.6. The van der Waals surface area contributed by atoms with E-state index in [0.29, 0.717) is 17.5 Å². The molecule has 0 unspecified atom stereocenters. The summed E-state index contributed by atoms with van der Waals surface area (Å²) in [5, 5.41) is 12.7. The summed E-state index contributed by atoms with van der Waals surface area (Å²) < 4.78 is 5.07. The van der Waals surface area contributed by atoms with Crippen molar-refractivity contribution >= 4 is 22.6 Å². The molecular weight excluding hydrogens is 342 g/mol. The molecule has 0 fully saturated rings. The SMILES string of the molecule is C=C/C=C\C(=C/C)CNc1ccc2cc(C(=O)O)c(=O)oc2c1.CC(C)C. The van der Waals surface area contributed by atoms with Crippen LogP contribution in [0.4, 0.5) is 5.69 Å². The number of nitrogens with one attached hydrogen (secondary N) is 1. The molecule has 0 spiro atoms. The number of allylic oxidation sites excluding steroid dienone is 3. The largest absolute Gasteiger partial charge is 0.477 e. The molecule has 0 saturated carbocycles. The zero-order chi connectivity index (χ0) is 20.4. The van der Waals surface area contributed by atoms with Crippen LogP contribution in [0.1, 0.15) is 38.1 Å². The number of carbonyl (C=O) groups is 1. The minimum atomic E-state index is -1.30. The van der Waals surface area contributed by atoms with E-state index in [4.69, 9.17) is 9.52 Å². The summed E-state index contributed by atoms with van der Waals surface area (Å²) in [5.74, 6) is -0.463. The summed E-state index contributed by atoms with van der Waals surface area (Å²) in [6.07, 6.45) is 7.48. The predicted molar refractivity (Wildman–Crippen MR) is 112 cm³/mol. The molecule has 0 aliphatic heterocycles. The second-order valence-electron chi connectivity index (χ2n) is 6.55. The molecular formula is C22H27NO4. The van der Waals surface area contributed by atoms with Gasteiger partial charge in [-0.3, -0.25) is 0 Å². The molecule has 27 heavy (non-hydrogen) atoms. The second kappa shape index (κ2) is 10.8. The number of carboxylic acid groups (broad SMARTS) is 1. The van der Waals surface area contributed by atoms with E-state index in [1.165, 1.54) is 6.07 Å². The molecule has 1 aromatic heterocycles. The van der Waals surface area contributed by atoms with E-state index >= 15 is 0 Å². The van der Waals surface area contributed by atoms with Crippen LogP contribution in [-0.2, 0) is 0 Å². The molecule has 2 rings (SSSR count). The molecule has 2 aromatic rings. The molecule has 0 aliphatic rings. The Morgan fingerprint density at radius 1 is 1.30 bits per heavy atom. The highest BCUT2D eigenvalue weighted by molar-refractivity contribution is 5.92. The number of hydrogen-bond donors (Lipinski definition) is 2. The Morgan fingerprint density at radius 2 is 1.96 bits per heavy atom. The van der Waals surface area contributed by atoms with Crippen LogP contribution >= 0.6 is 0 Å². The van der Waals surface area contributed by atoms with Crippen LogP contribution in [0.3, 0.4) is 0 Å². The van der Waals surface area contributed by atoms with Gasteiger partial charge in [-0.2, -0.15) is 0 Å². The first kappa shape index (κ1) is 22.0. The van der Waals surface area contributed by atoms with Crippen LogP contribution in [0.5, 0.6) is 0 Å². The number of rotatable bonds is 6. The standard InChI is InChI=1S/C18H17NO4.C4H10/c1-3-5-6-12(4-2)11-19-14-8-7-13-9-15(17(20)21)18(22)23-16(13)10-14;1-4(2)3/h3-10,19H,1,11H2,2H3,(H,20,21);4H,1-3H3/b6-5-,12-4+;. The molecule has 0 amide bonds. The van der Waals surface area contributed by atoms with Gasteiger partial charge in [0.15, 0.2) is 0 Å². The minimum absolute atomic E-state index is 0.341. The van der Waals surface area contributed by atoms with E-state index in [-0.39, 0.29) is 5.56 Å². The third-order valence-electron chi connectivity index (χ3n) is 3.28. The van der Waals surface area contributed by atoms with Crippen LogP contribution in [0, 0.1) is 5.92 Å². The molecule has 0 atom stereocenters. The van der Waals surface area contributed by atoms with E-state index in [1.807, 2.05) is 25.2 Å². The van der Waals surface area contributed by atoms with Crippen molar-refractivity contribution in [1.29, 1.82) is 0 Å². The van der Waals surface area contributed by atoms with E-state index in [2.05, 4.69) is 32.7 Å². The van der Waals surface area contributed by atoms with Gasteiger partial charge in [0.05, 0.1) is 0 Å². The third-order valence-corrected chi connectivity index (χ3v) is 3.28. The Balaban J connectivity index is 0.000000828. The first-order valence-corrected chi connectivity index (χ1v) is 8.77. The molecule has 2 N–H and O–H groups in total. The van der Waals surface area contributed by atoms with E-state index in [9.17, 15) is 9.59 Å².